The summed E-state index contributed by atoms with van der Waals surface area (Å²) in [6.45, 7) is 0. The van der Waals surface area contributed by atoms with Gasteiger partial charge < -0.3 is 19.7 Å². The van der Waals surface area contributed by atoms with Gasteiger partial charge in [0, 0.05) is 6.07 Å². The molecule has 0 unspecified atom stereocenters. The number of phenols is 2. The van der Waals surface area contributed by atoms with Crippen LogP contribution in [-0.2, 0) is 4.74 Å². The average molecular weight is 288 g/mol. The van der Waals surface area contributed by atoms with Crippen LogP contribution in [0.25, 0.3) is 0 Å². The third-order valence-electron chi connectivity index (χ3n) is 2.69. The number of ether oxygens (including phenoxy) is 2. The molecule has 2 rings (SSSR count). The Kier molecular flexibility index (Phi) is 4.08. The van der Waals surface area contributed by atoms with Gasteiger partial charge in [-0.3, -0.25) is 0 Å². The van der Waals surface area contributed by atoms with E-state index in [-0.39, 0.29) is 28.4 Å². The Morgan fingerprint density at radius 2 is 1.52 bits per heavy atom. The Morgan fingerprint density at radius 3 is 2.14 bits per heavy atom. The molecule has 21 heavy (non-hydrogen) atoms. The Hall–Kier alpha value is -3.02. The zero-order chi connectivity index (χ0) is 15.4. The fraction of sp³-hybridized carbons (Fsp3) is 0.0667. The summed E-state index contributed by atoms with van der Waals surface area (Å²) < 4.78 is 9.67. The second-order valence-corrected chi connectivity index (χ2v) is 4.11. The van der Waals surface area contributed by atoms with Crippen LogP contribution in [0, 0.1) is 0 Å². The topological polar surface area (TPSA) is 93.1 Å². The Morgan fingerprint density at radius 1 is 0.905 bits per heavy atom. The van der Waals surface area contributed by atoms with Crippen molar-refractivity contribution in [3.63, 3.8) is 0 Å². The van der Waals surface area contributed by atoms with E-state index in [4.69, 9.17) is 14.6 Å². The van der Waals surface area contributed by atoms with Crippen molar-refractivity contribution in [2.75, 3.05) is 7.11 Å². The van der Waals surface area contributed by atoms with Crippen molar-refractivity contribution in [3.8, 4) is 17.2 Å². The fourth-order valence-corrected chi connectivity index (χ4v) is 1.64. The van der Waals surface area contributed by atoms with E-state index >= 15 is 0 Å². The second-order valence-electron chi connectivity index (χ2n) is 4.11. The molecule has 108 valence electrons. The van der Waals surface area contributed by atoms with Gasteiger partial charge in [0.2, 0.25) is 0 Å². The van der Waals surface area contributed by atoms with E-state index in [1.54, 1.807) is 0 Å². The first-order valence-electron chi connectivity index (χ1n) is 5.94. The van der Waals surface area contributed by atoms with Crippen LogP contribution in [-0.4, -0.2) is 29.3 Å². The second kappa shape index (κ2) is 5.96. The van der Waals surface area contributed by atoms with Gasteiger partial charge in [-0.05, 0) is 36.4 Å². The lowest BCUT2D eigenvalue weighted by Gasteiger charge is -2.08. The number of rotatable bonds is 3. The molecule has 0 radical (unpaired) electrons. The number of benzene rings is 2. The predicted octanol–water partition coefficient (Wildman–Crippen LogP) is 2.10. The largest absolute Gasteiger partial charge is 0.508 e. The number of carbonyl (C=O) groups is 2. The fourth-order valence-electron chi connectivity index (χ4n) is 1.64. The number of esters is 2. The number of aromatic hydroxyl groups is 2. The molecule has 2 aromatic rings. The van der Waals surface area contributed by atoms with Crippen LogP contribution < -0.4 is 4.74 Å². The molecule has 0 saturated carbocycles. The van der Waals surface area contributed by atoms with Gasteiger partial charge in [0.05, 0.1) is 12.7 Å². The SMILES string of the molecule is COc1cc(O)ccc1C(=O)OC(=O)c1ccc(O)cc1. The van der Waals surface area contributed by atoms with Crippen molar-refractivity contribution in [2.24, 2.45) is 0 Å². The van der Waals surface area contributed by atoms with Gasteiger partial charge in [-0.15, -0.1) is 0 Å². The standard InChI is InChI=1S/C15H12O6/c1-20-13-8-11(17)6-7-12(13)15(19)21-14(18)9-2-4-10(16)5-3-9/h2-8,16-17H,1H3. The summed E-state index contributed by atoms with van der Waals surface area (Å²) in [5.41, 5.74) is 0.140. The van der Waals surface area contributed by atoms with Crippen LogP contribution in [0.5, 0.6) is 17.2 Å². The molecule has 0 aliphatic carbocycles. The monoisotopic (exact) mass is 288 g/mol. The van der Waals surface area contributed by atoms with Crippen molar-refractivity contribution in [1.29, 1.82) is 0 Å². The molecule has 2 N–H and O–H groups in total. The van der Waals surface area contributed by atoms with E-state index in [1.807, 2.05) is 0 Å². The third kappa shape index (κ3) is 3.30. The average Bonchev–Trinajstić information content (AvgIpc) is 2.47. The van der Waals surface area contributed by atoms with Gasteiger partial charge in [-0.25, -0.2) is 9.59 Å². The highest BCUT2D eigenvalue weighted by molar-refractivity contribution is 6.03. The molecule has 0 amide bonds. The number of hydrogen-bond donors (Lipinski definition) is 2. The molecular weight excluding hydrogens is 276 g/mol. The predicted molar refractivity (Wildman–Crippen MR) is 72.5 cm³/mol. The Balaban J connectivity index is 2.18. The molecule has 6 nitrogen and oxygen atoms in total. The lowest BCUT2D eigenvalue weighted by Crippen LogP contribution is -2.13. The minimum absolute atomic E-state index is 0.00178. The van der Waals surface area contributed by atoms with Crippen molar-refractivity contribution in [2.45, 2.75) is 0 Å². The van der Waals surface area contributed by atoms with E-state index in [0.717, 1.165) is 0 Å². The lowest BCUT2D eigenvalue weighted by atomic mass is 10.2. The van der Waals surface area contributed by atoms with Crippen LogP contribution in [0.3, 0.4) is 0 Å². The number of carbonyl (C=O) groups excluding carboxylic acids is 2. The molecule has 0 aliphatic rings. The van der Waals surface area contributed by atoms with Crippen LogP contribution >= 0.6 is 0 Å². The zero-order valence-corrected chi connectivity index (χ0v) is 11.1. The highest BCUT2D eigenvalue weighted by Crippen LogP contribution is 2.24. The molecule has 2 aromatic carbocycles. The van der Waals surface area contributed by atoms with Crippen molar-refractivity contribution >= 4 is 11.9 Å². The molecule has 0 aromatic heterocycles. The van der Waals surface area contributed by atoms with E-state index in [0.29, 0.717) is 0 Å². The zero-order valence-electron chi connectivity index (χ0n) is 11.1. The third-order valence-corrected chi connectivity index (χ3v) is 2.69. The van der Waals surface area contributed by atoms with Gasteiger partial charge in [-0.2, -0.15) is 0 Å². The quantitative estimate of drug-likeness (QED) is 0.663. The minimum Gasteiger partial charge on any atom is -0.508 e. The summed E-state index contributed by atoms with van der Waals surface area (Å²) in [6, 6.07) is 9.09. The summed E-state index contributed by atoms with van der Waals surface area (Å²) in [7, 11) is 1.33. The van der Waals surface area contributed by atoms with Crippen LogP contribution in [0.4, 0.5) is 0 Å². The summed E-state index contributed by atoms with van der Waals surface area (Å²) in [5.74, 6) is -1.73. The summed E-state index contributed by atoms with van der Waals surface area (Å²) >= 11 is 0. The van der Waals surface area contributed by atoms with Gasteiger partial charge >= 0.3 is 11.9 Å². The summed E-state index contributed by atoms with van der Waals surface area (Å²) in [6.07, 6.45) is 0. The molecule has 0 atom stereocenters. The first-order valence-corrected chi connectivity index (χ1v) is 5.94. The minimum atomic E-state index is -0.898. The van der Waals surface area contributed by atoms with Gasteiger partial charge in [0.15, 0.2) is 0 Å². The molecular formula is C15H12O6. The van der Waals surface area contributed by atoms with Crippen molar-refractivity contribution in [3.05, 3.63) is 53.6 Å². The van der Waals surface area contributed by atoms with Gasteiger partial charge in [-0.1, -0.05) is 0 Å². The highest BCUT2D eigenvalue weighted by atomic mass is 16.6. The lowest BCUT2D eigenvalue weighted by molar-refractivity contribution is 0.0396. The normalized spacial score (nSPS) is 9.95. The highest BCUT2D eigenvalue weighted by Gasteiger charge is 2.19. The number of phenolic OH excluding ortho intramolecular Hbond substituents is 2. The van der Waals surface area contributed by atoms with E-state index in [2.05, 4.69) is 0 Å². The molecule has 0 heterocycles. The number of methoxy groups -OCH3 is 1. The van der Waals surface area contributed by atoms with Crippen LogP contribution in [0.2, 0.25) is 0 Å². The maximum absolute atomic E-state index is 11.9. The van der Waals surface area contributed by atoms with E-state index in [1.165, 1.54) is 49.6 Å². The van der Waals surface area contributed by atoms with Crippen LogP contribution in [0.15, 0.2) is 42.5 Å². The number of hydrogen-bond acceptors (Lipinski definition) is 6. The first-order chi connectivity index (χ1) is 10.0. The molecule has 0 aliphatic heterocycles. The molecule has 0 saturated heterocycles. The smallest absolute Gasteiger partial charge is 0.349 e. The van der Waals surface area contributed by atoms with E-state index in [9.17, 15) is 14.7 Å². The first kappa shape index (κ1) is 14.4. The molecule has 6 heteroatoms. The maximum atomic E-state index is 11.9. The molecule has 0 bridgehead atoms. The van der Waals surface area contributed by atoms with Crippen molar-refractivity contribution in [1.82, 2.24) is 0 Å². The Labute approximate surface area is 120 Å². The maximum Gasteiger partial charge on any atom is 0.349 e. The Bertz CT molecular complexity index is 675. The molecule has 0 spiro atoms. The van der Waals surface area contributed by atoms with Gasteiger partial charge in [0.1, 0.15) is 22.8 Å². The van der Waals surface area contributed by atoms with Crippen LogP contribution in [0.1, 0.15) is 20.7 Å². The molecule has 0 fully saturated rings. The van der Waals surface area contributed by atoms with Crippen molar-refractivity contribution < 1.29 is 29.3 Å². The van der Waals surface area contributed by atoms with E-state index < -0.39 is 11.9 Å². The van der Waals surface area contributed by atoms with Gasteiger partial charge in [0.25, 0.3) is 0 Å². The summed E-state index contributed by atoms with van der Waals surface area (Å²) in [4.78, 5) is 23.7. The summed E-state index contributed by atoms with van der Waals surface area (Å²) in [5, 5.41) is 18.4.